The van der Waals surface area contributed by atoms with Gasteiger partial charge in [-0.1, -0.05) is 60.7 Å². The Labute approximate surface area is 293 Å². The molecule has 0 aliphatic heterocycles. The maximum Gasteiger partial charge on any atom is 0.297 e. The summed E-state index contributed by atoms with van der Waals surface area (Å²) in [6, 6.07) is 18.9. The molecule has 0 amide bonds. The molecule has 3 aromatic carbocycles. The molecule has 0 unspecified atom stereocenters. The zero-order chi connectivity index (χ0) is 29.6. The minimum atomic E-state index is -4.83. The molecule has 0 aliphatic carbocycles. The quantitative estimate of drug-likeness (QED) is 0.0909. The molecule has 13 nitrogen and oxygen atoms in total. The number of aliphatic hydroxyl groups excluding tert-OH is 1. The normalized spacial score (nSPS) is 11.3. The predicted molar refractivity (Wildman–Crippen MR) is 166 cm³/mol. The van der Waals surface area contributed by atoms with Crippen LogP contribution < -0.4 is 15.5 Å². The van der Waals surface area contributed by atoms with Gasteiger partial charge in [0.15, 0.2) is 0 Å². The number of aromatic nitrogens is 3. The molecule has 1 aromatic heterocycles. The number of aliphatic hydroxyl groups is 1. The summed E-state index contributed by atoms with van der Waals surface area (Å²) >= 11 is 0. The van der Waals surface area contributed by atoms with Crippen LogP contribution in [-0.2, 0) is 20.2 Å². The van der Waals surface area contributed by atoms with Gasteiger partial charge in [-0.3, -0.25) is 9.11 Å². The summed E-state index contributed by atoms with van der Waals surface area (Å²) in [5.74, 6) is 0.224. The first-order chi connectivity index (χ1) is 19.5. The second kappa shape index (κ2) is 16.1. The van der Waals surface area contributed by atoms with Gasteiger partial charge < -0.3 is 20.6 Å². The Hall–Kier alpha value is -2.41. The molecular weight excluding hydrogens is 618 g/mol. The van der Waals surface area contributed by atoms with E-state index in [0.29, 0.717) is 5.69 Å². The zero-order valence-corrected chi connectivity index (χ0v) is 29.2. The van der Waals surface area contributed by atoms with Crippen molar-refractivity contribution in [1.82, 2.24) is 15.0 Å². The van der Waals surface area contributed by atoms with E-state index in [0.717, 1.165) is 0 Å². The molecule has 0 spiro atoms. The van der Waals surface area contributed by atoms with E-state index >= 15 is 0 Å². The molecule has 4 aromatic rings. The van der Waals surface area contributed by atoms with E-state index in [1.54, 1.807) is 30.1 Å². The van der Waals surface area contributed by atoms with Crippen LogP contribution in [0.15, 0.2) is 82.6 Å². The Balaban J connectivity index is 0.00000323. The molecule has 43 heavy (non-hydrogen) atoms. The maximum atomic E-state index is 12.5. The minimum Gasteiger partial charge on any atom is -0.395 e. The standard InChI is InChI=1S/C26H26N6O7S2.2Na/c1-32(16-17-33)26-30-24(27-20-10-3-2-4-11-20)29-25(31-26)28-21-12-7-9-19(23(21)41(37,38)39)15-14-18-8-5-6-13-22(18)40(34,35)36;;/h2-15,33H,16-17H2,1H3,(H,34,35,36)(H,37,38,39)(H2,27,28,29,30,31);;. The van der Waals surface area contributed by atoms with Crippen LogP contribution in [0.1, 0.15) is 11.1 Å². The van der Waals surface area contributed by atoms with E-state index in [9.17, 15) is 31.0 Å². The van der Waals surface area contributed by atoms with Crippen molar-refractivity contribution in [3.63, 3.8) is 0 Å². The summed E-state index contributed by atoms with van der Waals surface area (Å²) in [6.45, 7) is 0.0319. The fourth-order valence-electron chi connectivity index (χ4n) is 3.77. The van der Waals surface area contributed by atoms with Crippen LogP contribution in [0.25, 0.3) is 12.2 Å². The molecule has 0 saturated carbocycles. The molecular formula is C26H26N6Na2O7S2. The van der Waals surface area contributed by atoms with Gasteiger partial charge in [-0.05, 0) is 35.4 Å². The predicted octanol–water partition coefficient (Wildman–Crippen LogP) is 2.69. The molecule has 0 bridgehead atoms. The van der Waals surface area contributed by atoms with Gasteiger partial charge in [0.2, 0.25) is 17.8 Å². The van der Waals surface area contributed by atoms with Crippen molar-refractivity contribution in [2.24, 2.45) is 0 Å². The van der Waals surface area contributed by atoms with Gasteiger partial charge in [-0.25, -0.2) is 0 Å². The second-order valence-corrected chi connectivity index (χ2v) is 11.3. The van der Waals surface area contributed by atoms with Gasteiger partial charge in [-0.15, -0.1) is 0 Å². The number of para-hydroxylation sites is 1. The summed E-state index contributed by atoms with van der Waals surface area (Å²) < 4.78 is 68.2. The third-order valence-corrected chi connectivity index (χ3v) is 7.52. The van der Waals surface area contributed by atoms with Crippen molar-refractivity contribution in [3.05, 3.63) is 83.9 Å². The number of hydrogen-bond acceptors (Lipinski definition) is 11. The fraction of sp³-hybridized carbons (Fsp3) is 0.115. The van der Waals surface area contributed by atoms with Crippen LogP contribution in [0.4, 0.5) is 29.2 Å². The SMILES string of the molecule is CN(CCO)c1nc(Nc2ccccc2)nc(Nc2cccc(C=Cc3ccccc3S(=O)(=O)O)c2S(=O)(=O)O)n1.[Na].[Na]. The van der Waals surface area contributed by atoms with Crippen LogP contribution in [0.2, 0.25) is 0 Å². The van der Waals surface area contributed by atoms with Crippen molar-refractivity contribution in [2.75, 3.05) is 35.7 Å². The third-order valence-electron chi connectivity index (χ3n) is 5.62. The average Bonchev–Trinajstić information content (AvgIpc) is 2.91. The third kappa shape index (κ3) is 10.1. The number of benzene rings is 3. The summed E-state index contributed by atoms with van der Waals surface area (Å²) in [7, 11) is -7.73. The monoisotopic (exact) mass is 644 g/mol. The molecule has 0 saturated heterocycles. The van der Waals surface area contributed by atoms with E-state index < -0.39 is 25.1 Å². The van der Waals surface area contributed by atoms with Gasteiger partial charge in [0, 0.05) is 78.4 Å². The Morgan fingerprint density at radius 3 is 1.95 bits per heavy atom. The van der Waals surface area contributed by atoms with Gasteiger partial charge in [-0.2, -0.15) is 31.8 Å². The summed E-state index contributed by atoms with van der Waals surface area (Å²) in [5, 5.41) is 15.2. The number of anilines is 5. The Morgan fingerprint density at radius 1 is 0.744 bits per heavy atom. The maximum absolute atomic E-state index is 12.5. The first-order valence-corrected chi connectivity index (χ1v) is 14.9. The van der Waals surface area contributed by atoms with Gasteiger partial charge in [0.05, 0.1) is 12.3 Å². The molecule has 2 radical (unpaired) electrons. The molecule has 17 heteroatoms. The number of likely N-dealkylation sites (N-methyl/N-ethyl adjacent to an activating group) is 1. The Kier molecular flexibility index (Phi) is 13.7. The number of rotatable bonds is 11. The van der Waals surface area contributed by atoms with Gasteiger partial charge in [0.25, 0.3) is 20.2 Å². The average molecular weight is 645 g/mol. The van der Waals surface area contributed by atoms with Crippen LogP contribution in [0, 0.1) is 0 Å². The molecule has 0 fully saturated rings. The van der Waals surface area contributed by atoms with Crippen LogP contribution in [0.5, 0.6) is 0 Å². The van der Waals surface area contributed by atoms with E-state index in [4.69, 9.17) is 0 Å². The Bertz CT molecular complexity index is 1800. The van der Waals surface area contributed by atoms with E-state index in [1.807, 2.05) is 18.2 Å². The van der Waals surface area contributed by atoms with Gasteiger partial charge in [0.1, 0.15) is 9.79 Å². The van der Waals surface area contributed by atoms with Crippen molar-refractivity contribution in [2.45, 2.75) is 9.79 Å². The number of hydrogen-bond donors (Lipinski definition) is 5. The molecule has 5 N–H and O–H groups in total. The smallest absolute Gasteiger partial charge is 0.297 e. The number of nitrogens with one attached hydrogen (secondary N) is 2. The van der Waals surface area contributed by atoms with E-state index in [-0.39, 0.29) is 112 Å². The minimum absolute atomic E-state index is 0. The van der Waals surface area contributed by atoms with Crippen molar-refractivity contribution in [1.29, 1.82) is 0 Å². The molecule has 4 rings (SSSR count). The molecule has 216 valence electrons. The Morgan fingerprint density at radius 2 is 1.33 bits per heavy atom. The van der Waals surface area contributed by atoms with Crippen LogP contribution in [0.3, 0.4) is 0 Å². The van der Waals surface area contributed by atoms with Crippen molar-refractivity contribution < 1.29 is 31.0 Å². The molecule has 0 aliphatic rings. The largest absolute Gasteiger partial charge is 0.395 e. The second-order valence-electron chi connectivity index (χ2n) is 8.59. The summed E-state index contributed by atoms with van der Waals surface area (Å²) in [4.78, 5) is 13.7. The van der Waals surface area contributed by atoms with Crippen LogP contribution in [-0.4, -0.2) is 125 Å². The zero-order valence-electron chi connectivity index (χ0n) is 23.6. The fourth-order valence-corrected chi connectivity index (χ4v) is 5.29. The van der Waals surface area contributed by atoms with E-state index in [1.165, 1.54) is 48.6 Å². The van der Waals surface area contributed by atoms with Crippen molar-refractivity contribution in [3.8, 4) is 0 Å². The summed E-state index contributed by atoms with van der Waals surface area (Å²) in [5.41, 5.74) is 0.707. The number of nitrogens with zero attached hydrogens (tertiary/aromatic N) is 4. The first-order valence-electron chi connectivity index (χ1n) is 12.0. The van der Waals surface area contributed by atoms with Crippen LogP contribution >= 0.6 is 0 Å². The first kappa shape index (κ1) is 36.8. The van der Waals surface area contributed by atoms with Gasteiger partial charge >= 0.3 is 0 Å². The molecule has 1 heterocycles. The topological polar surface area (TPSA) is 195 Å². The van der Waals surface area contributed by atoms with Crippen molar-refractivity contribution >= 4 is 121 Å². The summed E-state index contributed by atoms with van der Waals surface area (Å²) in [6.07, 6.45) is 2.58. The molecule has 0 atom stereocenters. The van der Waals surface area contributed by atoms with E-state index in [2.05, 4.69) is 25.6 Å².